The van der Waals surface area contributed by atoms with E-state index in [1.54, 1.807) is 0 Å². The summed E-state index contributed by atoms with van der Waals surface area (Å²) in [6, 6.07) is 0. The molecule has 1 fully saturated rings. The summed E-state index contributed by atoms with van der Waals surface area (Å²) in [4.78, 5) is 2.42. The average Bonchev–Trinajstić information content (AvgIpc) is 2.92. The summed E-state index contributed by atoms with van der Waals surface area (Å²) in [6.07, 6.45) is 2.08. The Hall–Kier alpha value is -1.07. The van der Waals surface area contributed by atoms with Crippen molar-refractivity contribution in [3.63, 3.8) is 0 Å². The molecular weight excluding hydrogens is 240 g/mol. The van der Waals surface area contributed by atoms with Crippen LogP contribution in [0.3, 0.4) is 0 Å². The van der Waals surface area contributed by atoms with Gasteiger partial charge in [-0.2, -0.15) is 5.10 Å². The highest BCUT2D eigenvalue weighted by atomic mass is 16.3. The van der Waals surface area contributed by atoms with E-state index in [1.165, 1.54) is 17.8 Å². The molecule has 0 aliphatic carbocycles. The first-order valence-electron chi connectivity index (χ1n) is 7.26. The van der Waals surface area contributed by atoms with Crippen LogP contribution in [0.15, 0.2) is 0 Å². The van der Waals surface area contributed by atoms with Crippen LogP contribution in [0.1, 0.15) is 31.0 Å². The molecule has 5 nitrogen and oxygen atoms in total. The van der Waals surface area contributed by atoms with Crippen molar-refractivity contribution in [1.29, 1.82) is 0 Å². The lowest BCUT2D eigenvalue weighted by atomic mass is 10.1. The molecule has 1 aromatic heterocycles. The number of hydrogen-bond donors (Lipinski definition) is 2. The van der Waals surface area contributed by atoms with E-state index in [4.69, 9.17) is 5.11 Å². The van der Waals surface area contributed by atoms with Crippen LogP contribution in [0.2, 0.25) is 0 Å². The third-order valence-electron chi connectivity index (χ3n) is 3.99. The highest BCUT2D eigenvalue weighted by Gasteiger charge is 2.27. The summed E-state index contributed by atoms with van der Waals surface area (Å²) in [6.45, 7) is 8.47. The highest BCUT2D eigenvalue weighted by molar-refractivity contribution is 5.51. The number of rotatable bonds is 6. The Labute approximate surface area is 115 Å². The van der Waals surface area contributed by atoms with Gasteiger partial charge in [0.15, 0.2) is 0 Å². The first-order valence-corrected chi connectivity index (χ1v) is 7.26. The molecule has 0 spiro atoms. The molecule has 1 saturated heterocycles. The fourth-order valence-electron chi connectivity index (χ4n) is 2.99. The number of nitrogens with zero attached hydrogens (tertiary/aromatic N) is 3. The van der Waals surface area contributed by atoms with Crippen LogP contribution < -0.4 is 10.2 Å². The predicted octanol–water partition coefficient (Wildman–Crippen LogP) is 1.05. The van der Waals surface area contributed by atoms with Crippen molar-refractivity contribution < 1.29 is 5.11 Å². The fraction of sp³-hybridized carbons (Fsp3) is 0.786. The maximum atomic E-state index is 9.07. The number of aliphatic hydroxyl groups excluding tert-OH is 1. The zero-order valence-corrected chi connectivity index (χ0v) is 12.3. The summed E-state index contributed by atoms with van der Waals surface area (Å²) in [5.74, 6) is 1.87. The average molecular weight is 266 g/mol. The molecule has 1 unspecified atom stereocenters. The normalized spacial score (nSPS) is 19.4. The van der Waals surface area contributed by atoms with Gasteiger partial charge in [-0.15, -0.1) is 0 Å². The largest absolute Gasteiger partial charge is 0.396 e. The van der Waals surface area contributed by atoms with Gasteiger partial charge in [0.05, 0.1) is 5.69 Å². The topological polar surface area (TPSA) is 53.3 Å². The molecule has 5 heteroatoms. The maximum absolute atomic E-state index is 9.07. The van der Waals surface area contributed by atoms with E-state index < -0.39 is 0 Å². The lowest BCUT2D eigenvalue weighted by molar-refractivity contribution is 0.263. The van der Waals surface area contributed by atoms with Crippen LogP contribution in [-0.2, 0) is 13.6 Å². The van der Waals surface area contributed by atoms with E-state index >= 15 is 0 Å². The molecule has 0 saturated carbocycles. The molecule has 1 atom stereocenters. The zero-order chi connectivity index (χ0) is 13.8. The highest BCUT2D eigenvalue weighted by Crippen LogP contribution is 2.29. The molecule has 1 aromatic rings. The molecule has 0 amide bonds. The molecule has 1 aliphatic rings. The minimum Gasteiger partial charge on any atom is -0.396 e. The van der Waals surface area contributed by atoms with Gasteiger partial charge in [-0.1, -0.05) is 6.92 Å². The molecular formula is C14H26N4O. The lowest BCUT2D eigenvalue weighted by Gasteiger charge is -2.20. The van der Waals surface area contributed by atoms with E-state index in [0.29, 0.717) is 12.5 Å². The fourth-order valence-corrected chi connectivity index (χ4v) is 2.99. The quantitative estimate of drug-likeness (QED) is 0.808. The molecule has 2 rings (SSSR count). The van der Waals surface area contributed by atoms with Crippen molar-refractivity contribution in [2.45, 2.75) is 33.2 Å². The van der Waals surface area contributed by atoms with E-state index in [9.17, 15) is 0 Å². The van der Waals surface area contributed by atoms with E-state index in [1.807, 2.05) is 11.7 Å². The Balaban J connectivity index is 2.15. The van der Waals surface area contributed by atoms with Crippen molar-refractivity contribution in [3.8, 4) is 0 Å². The first kappa shape index (κ1) is 14.3. The SMILES string of the molecule is CCNCc1c(C)nn(C)c1N1CCC(CCO)C1. The molecule has 0 aromatic carbocycles. The monoisotopic (exact) mass is 266 g/mol. The molecule has 1 aliphatic heterocycles. The number of aromatic nitrogens is 2. The van der Waals surface area contributed by atoms with Crippen LogP contribution in [0.5, 0.6) is 0 Å². The van der Waals surface area contributed by atoms with Gasteiger partial charge in [-0.05, 0) is 32.2 Å². The Morgan fingerprint density at radius 1 is 1.47 bits per heavy atom. The van der Waals surface area contributed by atoms with E-state index in [2.05, 4.69) is 29.2 Å². The van der Waals surface area contributed by atoms with Gasteiger partial charge in [0.2, 0.25) is 0 Å². The molecule has 2 N–H and O–H groups in total. The minimum atomic E-state index is 0.299. The van der Waals surface area contributed by atoms with Gasteiger partial charge < -0.3 is 15.3 Å². The predicted molar refractivity (Wildman–Crippen MR) is 77.3 cm³/mol. The van der Waals surface area contributed by atoms with Crippen LogP contribution in [0.4, 0.5) is 5.82 Å². The smallest absolute Gasteiger partial charge is 0.131 e. The second-order valence-corrected chi connectivity index (χ2v) is 5.40. The van der Waals surface area contributed by atoms with Gasteiger partial charge in [0, 0.05) is 38.9 Å². The van der Waals surface area contributed by atoms with Crippen molar-refractivity contribution in [2.75, 3.05) is 31.1 Å². The molecule has 19 heavy (non-hydrogen) atoms. The summed E-state index contributed by atoms with van der Waals surface area (Å²) in [5.41, 5.74) is 2.43. The van der Waals surface area contributed by atoms with E-state index in [-0.39, 0.29) is 0 Å². The van der Waals surface area contributed by atoms with Crippen LogP contribution in [0, 0.1) is 12.8 Å². The summed E-state index contributed by atoms with van der Waals surface area (Å²) >= 11 is 0. The van der Waals surface area contributed by atoms with E-state index in [0.717, 1.165) is 38.3 Å². The van der Waals surface area contributed by atoms with Crippen molar-refractivity contribution >= 4 is 5.82 Å². The number of anilines is 1. The second-order valence-electron chi connectivity index (χ2n) is 5.40. The van der Waals surface area contributed by atoms with Crippen LogP contribution >= 0.6 is 0 Å². The lowest BCUT2D eigenvalue weighted by Crippen LogP contribution is -2.25. The molecule has 108 valence electrons. The van der Waals surface area contributed by atoms with Crippen LogP contribution in [-0.4, -0.2) is 41.1 Å². The van der Waals surface area contributed by atoms with Crippen molar-refractivity contribution in [2.24, 2.45) is 13.0 Å². The zero-order valence-electron chi connectivity index (χ0n) is 12.3. The van der Waals surface area contributed by atoms with Crippen molar-refractivity contribution in [1.82, 2.24) is 15.1 Å². The summed E-state index contributed by atoms with van der Waals surface area (Å²) in [7, 11) is 2.02. The summed E-state index contributed by atoms with van der Waals surface area (Å²) in [5, 5.41) is 17.0. The second kappa shape index (κ2) is 6.39. The van der Waals surface area contributed by atoms with Gasteiger partial charge in [0.25, 0.3) is 0 Å². The maximum Gasteiger partial charge on any atom is 0.131 e. The number of hydrogen-bond acceptors (Lipinski definition) is 4. The van der Waals surface area contributed by atoms with Gasteiger partial charge >= 0.3 is 0 Å². The van der Waals surface area contributed by atoms with Gasteiger partial charge in [-0.25, -0.2) is 0 Å². The Morgan fingerprint density at radius 3 is 2.95 bits per heavy atom. The molecule has 2 heterocycles. The number of nitrogens with one attached hydrogen (secondary N) is 1. The van der Waals surface area contributed by atoms with Gasteiger partial charge in [-0.3, -0.25) is 4.68 Å². The Morgan fingerprint density at radius 2 is 2.26 bits per heavy atom. The molecule has 0 bridgehead atoms. The number of aliphatic hydroxyl groups is 1. The Kier molecular flexibility index (Phi) is 4.82. The standard InChI is InChI=1S/C14H26N4O/c1-4-15-9-13-11(2)16-17(3)14(13)18-7-5-12(10-18)6-8-19/h12,15,19H,4-10H2,1-3H3. The van der Waals surface area contributed by atoms with Crippen molar-refractivity contribution in [3.05, 3.63) is 11.3 Å². The molecule has 0 radical (unpaired) electrons. The van der Waals surface area contributed by atoms with Crippen LogP contribution in [0.25, 0.3) is 0 Å². The third-order valence-corrected chi connectivity index (χ3v) is 3.99. The van der Waals surface area contributed by atoms with Gasteiger partial charge in [0.1, 0.15) is 5.82 Å². The summed E-state index contributed by atoms with van der Waals surface area (Å²) < 4.78 is 2.00. The number of aryl methyl sites for hydroxylation is 2. The Bertz CT molecular complexity index is 416. The minimum absolute atomic E-state index is 0.299. The third kappa shape index (κ3) is 3.09. The first-order chi connectivity index (χ1) is 9.17.